The summed E-state index contributed by atoms with van der Waals surface area (Å²) >= 11 is 5.88. The van der Waals surface area contributed by atoms with Crippen LogP contribution in [0, 0.1) is 6.92 Å². The van der Waals surface area contributed by atoms with E-state index in [-0.39, 0.29) is 0 Å². The van der Waals surface area contributed by atoms with Gasteiger partial charge in [0.05, 0.1) is 0 Å². The first kappa shape index (κ1) is 9.81. The number of hydrogen-bond donors (Lipinski definition) is 1. The van der Waals surface area contributed by atoms with Crippen molar-refractivity contribution in [1.82, 2.24) is 0 Å². The van der Waals surface area contributed by atoms with Gasteiger partial charge in [0, 0.05) is 11.1 Å². The summed E-state index contributed by atoms with van der Waals surface area (Å²) in [4.78, 5) is 10.5. The molecular weight excluding hydrogens is 186 g/mol. The van der Waals surface area contributed by atoms with Gasteiger partial charge in [-0.15, -0.1) is 0 Å². The first-order valence-corrected chi connectivity index (χ1v) is 4.21. The molecule has 68 valence electrons. The molecule has 0 spiro atoms. The topological polar surface area (TPSA) is 43.1 Å². The van der Waals surface area contributed by atoms with Crippen molar-refractivity contribution in [1.29, 1.82) is 0 Å². The van der Waals surface area contributed by atoms with Gasteiger partial charge in [0.15, 0.2) is 0 Å². The maximum atomic E-state index is 10.5. The molecule has 2 nitrogen and oxygen atoms in total. The lowest BCUT2D eigenvalue weighted by Crippen LogP contribution is -2.05. The van der Waals surface area contributed by atoms with Gasteiger partial charge in [0.25, 0.3) is 0 Å². The van der Waals surface area contributed by atoms with E-state index in [0.29, 0.717) is 5.02 Å². The summed E-state index contributed by atoms with van der Waals surface area (Å²) in [7, 11) is 0. The highest BCUT2D eigenvalue weighted by atomic mass is 35.5. The lowest BCUT2D eigenvalue weighted by Gasteiger charge is -2.00. The Morgan fingerprint density at radius 3 is 2.85 bits per heavy atom. The fraction of sp³-hybridized carbons (Fsp3) is 0.100. The van der Waals surface area contributed by atoms with Gasteiger partial charge >= 0.3 is 0 Å². The van der Waals surface area contributed by atoms with Crippen molar-refractivity contribution in [3.8, 4) is 0 Å². The highest BCUT2D eigenvalue weighted by molar-refractivity contribution is 6.31. The van der Waals surface area contributed by atoms with Crippen LogP contribution in [-0.2, 0) is 4.79 Å². The fourth-order valence-electron chi connectivity index (χ4n) is 0.977. The van der Waals surface area contributed by atoms with Crippen LogP contribution in [0.25, 0.3) is 6.08 Å². The number of rotatable bonds is 2. The Labute approximate surface area is 82.0 Å². The SMILES string of the molecule is Cc1c(Cl)cccc1C=CC(N)=O. The predicted molar refractivity (Wildman–Crippen MR) is 54.4 cm³/mol. The van der Waals surface area contributed by atoms with Crippen LogP contribution in [0.5, 0.6) is 0 Å². The van der Waals surface area contributed by atoms with Gasteiger partial charge in [-0.2, -0.15) is 0 Å². The molecule has 1 rings (SSSR count). The smallest absolute Gasteiger partial charge is 0.241 e. The number of carbonyl (C=O) groups excluding carboxylic acids is 1. The second kappa shape index (κ2) is 4.10. The van der Waals surface area contributed by atoms with E-state index < -0.39 is 5.91 Å². The number of primary amides is 1. The van der Waals surface area contributed by atoms with Gasteiger partial charge in [0.1, 0.15) is 0 Å². The zero-order chi connectivity index (χ0) is 9.84. The molecule has 0 unspecified atom stereocenters. The largest absolute Gasteiger partial charge is 0.366 e. The molecule has 0 radical (unpaired) electrons. The molecule has 0 saturated heterocycles. The van der Waals surface area contributed by atoms with Crippen LogP contribution in [-0.4, -0.2) is 5.91 Å². The standard InChI is InChI=1S/C10H10ClNO/c1-7-8(5-6-10(12)13)3-2-4-9(7)11/h2-6H,1H3,(H2,12,13). The molecule has 0 aromatic heterocycles. The Kier molecular flexibility index (Phi) is 3.09. The average Bonchev–Trinajstić information content (AvgIpc) is 2.07. The van der Waals surface area contributed by atoms with E-state index in [9.17, 15) is 4.79 Å². The van der Waals surface area contributed by atoms with Gasteiger partial charge in [0.2, 0.25) is 5.91 Å². The average molecular weight is 196 g/mol. The summed E-state index contributed by atoms with van der Waals surface area (Å²) in [5.74, 6) is -0.459. The van der Waals surface area contributed by atoms with Crippen molar-refractivity contribution < 1.29 is 4.79 Å². The molecule has 1 aromatic rings. The highest BCUT2D eigenvalue weighted by Crippen LogP contribution is 2.19. The third-order valence-electron chi connectivity index (χ3n) is 1.74. The zero-order valence-corrected chi connectivity index (χ0v) is 8.01. The second-order valence-corrected chi connectivity index (χ2v) is 3.10. The first-order chi connectivity index (χ1) is 6.11. The summed E-state index contributed by atoms with van der Waals surface area (Å²) in [6.45, 7) is 1.89. The molecule has 13 heavy (non-hydrogen) atoms. The van der Waals surface area contributed by atoms with Crippen molar-refractivity contribution in [2.75, 3.05) is 0 Å². The number of nitrogens with two attached hydrogens (primary N) is 1. The van der Waals surface area contributed by atoms with E-state index in [4.69, 9.17) is 17.3 Å². The quantitative estimate of drug-likeness (QED) is 0.722. The second-order valence-electron chi connectivity index (χ2n) is 2.69. The summed E-state index contributed by atoms with van der Waals surface area (Å²) in [6, 6.07) is 5.51. The van der Waals surface area contributed by atoms with Crippen LogP contribution < -0.4 is 5.73 Å². The van der Waals surface area contributed by atoms with Crippen LogP contribution in [0.4, 0.5) is 0 Å². The minimum Gasteiger partial charge on any atom is -0.366 e. The Bertz CT molecular complexity index is 358. The van der Waals surface area contributed by atoms with E-state index in [1.807, 2.05) is 19.1 Å². The molecular formula is C10H10ClNO. The van der Waals surface area contributed by atoms with Gasteiger partial charge < -0.3 is 5.73 Å². The van der Waals surface area contributed by atoms with Crippen molar-refractivity contribution >= 4 is 23.6 Å². The molecule has 0 atom stereocenters. The third-order valence-corrected chi connectivity index (χ3v) is 2.15. The Morgan fingerprint density at radius 1 is 1.54 bits per heavy atom. The van der Waals surface area contributed by atoms with Crippen LogP contribution in [0.3, 0.4) is 0 Å². The van der Waals surface area contributed by atoms with Gasteiger partial charge in [-0.25, -0.2) is 0 Å². The van der Waals surface area contributed by atoms with E-state index in [1.165, 1.54) is 6.08 Å². The molecule has 1 amide bonds. The molecule has 0 aliphatic rings. The molecule has 0 bridgehead atoms. The highest BCUT2D eigenvalue weighted by Gasteiger charge is 1.97. The van der Waals surface area contributed by atoms with Crippen LogP contribution in [0.15, 0.2) is 24.3 Å². The van der Waals surface area contributed by atoms with E-state index in [2.05, 4.69) is 0 Å². The van der Waals surface area contributed by atoms with Gasteiger partial charge in [-0.1, -0.05) is 23.7 Å². The molecule has 2 N–H and O–H groups in total. The number of hydrogen-bond acceptors (Lipinski definition) is 1. The molecule has 0 aliphatic heterocycles. The van der Waals surface area contributed by atoms with E-state index in [0.717, 1.165) is 11.1 Å². The summed E-state index contributed by atoms with van der Waals surface area (Å²) < 4.78 is 0. The van der Waals surface area contributed by atoms with Crippen molar-refractivity contribution in [2.24, 2.45) is 5.73 Å². The lowest BCUT2D eigenvalue weighted by atomic mass is 10.1. The van der Waals surface area contributed by atoms with Crippen molar-refractivity contribution in [3.05, 3.63) is 40.4 Å². The molecule has 3 heteroatoms. The van der Waals surface area contributed by atoms with Crippen LogP contribution in [0.1, 0.15) is 11.1 Å². The summed E-state index contributed by atoms with van der Waals surface area (Å²) in [5, 5.41) is 0.687. The number of carbonyl (C=O) groups is 1. The first-order valence-electron chi connectivity index (χ1n) is 3.84. The fourth-order valence-corrected chi connectivity index (χ4v) is 1.16. The van der Waals surface area contributed by atoms with E-state index >= 15 is 0 Å². The Balaban J connectivity index is 3.02. The monoisotopic (exact) mass is 195 g/mol. The Hall–Kier alpha value is -1.28. The minimum atomic E-state index is -0.459. The minimum absolute atomic E-state index is 0.459. The maximum absolute atomic E-state index is 10.5. The molecule has 0 aliphatic carbocycles. The number of benzene rings is 1. The Morgan fingerprint density at radius 2 is 2.23 bits per heavy atom. The van der Waals surface area contributed by atoms with Gasteiger partial charge in [-0.05, 0) is 30.2 Å². The summed E-state index contributed by atoms with van der Waals surface area (Å²) in [5.41, 5.74) is 6.82. The third kappa shape index (κ3) is 2.60. The zero-order valence-electron chi connectivity index (χ0n) is 7.25. The molecule has 0 fully saturated rings. The van der Waals surface area contributed by atoms with Crippen LogP contribution >= 0.6 is 11.6 Å². The molecule has 0 heterocycles. The number of halogens is 1. The van der Waals surface area contributed by atoms with Crippen molar-refractivity contribution in [3.63, 3.8) is 0 Å². The van der Waals surface area contributed by atoms with Crippen molar-refractivity contribution in [2.45, 2.75) is 6.92 Å². The van der Waals surface area contributed by atoms with E-state index in [1.54, 1.807) is 12.1 Å². The van der Waals surface area contributed by atoms with Crippen LogP contribution in [0.2, 0.25) is 5.02 Å². The molecule has 0 saturated carbocycles. The molecule has 1 aromatic carbocycles. The lowest BCUT2D eigenvalue weighted by molar-refractivity contribution is -0.113. The normalized spacial score (nSPS) is 10.6. The number of amides is 1. The van der Waals surface area contributed by atoms with Gasteiger partial charge in [-0.3, -0.25) is 4.79 Å². The summed E-state index contributed by atoms with van der Waals surface area (Å²) in [6.07, 6.45) is 2.97. The maximum Gasteiger partial charge on any atom is 0.241 e. The predicted octanol–water partition coefficient (Wildman–Crippen LogP) is 2.15.